The number of Topliss-reactive ketones (excluding diaryl/α,β-unsaturated/α-hetero) is 1. The van der Waals surface area contributed by atoms with Gasteiger partial charge in [-0.2, -0.15) is 5.10 Å². The van der Waals surface area contributed by atoms with Gasteiger partial charge < -0.3 is 0 Å². The molecule has 0 radical (unpaired) electrons. The van der Waals surface area contributed by atoms with Crippen LogP contribution in [-0.4, -0.2) is 15.6 Å². The molecule has 0 spiro atoms. The summed E-state index contributed by atoms with van der Waals surface area (Å²) in [6.45, 7) is 4.54. The number of carbonyl (C=O) groups is 1. The lowest BCUT2D eigenvalue weighted by Gasteiger charge is -2.05. The summed E-state index contributed by atoms with van der Waals surface area (Å²) in [5, 5.41) is 4.90. The molecule has 0 unspecified atom stereocenters. The van der Waals surface area contributed by atoms with Crippen LogP contribution in [0.3, 0.4) is 0 Å². The molecule has 0 N–H and O–H groups in total. The van der Waals surface area contributed by atoms with Gasteiger partial charge in [0.1, 0.15) is 0 Å². The zero-order valence-corrected chi connectivity index (χ0v) is 13.1. The summed E-state index contributed by atoms with van der Waals surface area (Å²) in [6, 6.07) is 7.33. The van der Waals surface area contributed by atoms with Crippen LogP contribution in [0.4, 0.5) is 0 Å². The molecule has 5 heteroatoms. The molecule has 0 saturated carbocycles. The third-order valence-electron chi connectivity index (χ3n) is 2.95. The van der Waals surface area contributed by atoms with E-state index in [0.29, 0.717) is 17.1 Å². The van der Waals surface area contributed by atoms with Crippen molar-refractivity contribution in [2.75, 3.05) is 0 Å². The first-order valence-electron chi connectivity index (χ1n) is 6.03. The summed E-state index contributed by atoms with van der Waals surface area (Å²) >= 11 is 9.56. The highest BCUT2D eigenvalue weighted by Crippen LogP contribution is 2.22. The summed E-state index contributed by atoms with van der Waals surface area (Å²) in [6.07, 6.45) is 0.273. The molecule has 1 heterocycles. The number of benzene rings is 1. The van der Waals surface area contributed by atoms with E-state index in [-0.39, 0.29) is 12.2 Å². The highest BCUT2D eigenvalue weighted by Gasteiger charge is 2.16. The van der Waals surface area contributed by atoms with Gasteiger partial charge in [-0.3, -0.25) is 9.48 Å². The molecular formula is C14H14BrClN2O. The van der Waals surface area contributed by atoms with Crippen molar-refractivity contribution < 1.29 is 4.79 Å². The topological polar surface area (TPSA) is 34.9 Å². The lowest BCUT2D eigenvalue weighted by atomic mass is 10.1. The molecule has 2 aromatic rings. The van der Waals surface area contributed by atoms with Gasteiger partial charge in [0.15, 0.2) is 5.78 Å². The molecule has 0 saturated heterocycles. The number of hydrogen-bond donors (Lipinski definition) is 0. The van der Waals surface area contributed by atoms with Crippen molar-refractivity contribution in [3.8, 4) is 0 Å². The molecule has 0 atom stereocenters. The molecule has 0 fully saturated rings. The predicted octanol–water partition coefficient (Wildman–Crippen LogP) is 4.05. The predicted molar refractivity (Wildman–Crippen MR) is 79.8 cm³/mol. The van der Waals surface area contributed by atoms with Crippen LogP contribution in [0.15, 0.2) is 28.7 Å². The Balaban J connectivity index is 2.26. The highest BCUT2D eigenvalue weighted by atomic mass is 79.9. The van der Waals surface area contributed by atoms with Crippen LogP contribution in [0.2, 0.25) is 5.02 Å². The number of rotatable bonds is 4. The number of aryl methyl sites for hydroxylation is 2. The molecule has 19 heavy (non-hydrogen) atoms. The Bertz CT molecular complexity index is 605. The zero-order chi connectivity index (χ0) is 14.0. The summed E-state index contributed by atoms with van der Waals surface area (Å²) < 4.78 is 2.74. The van der Waals surface area contributed by atoms with Gasteiger partial charge in [-0.05, 0) is 26.0 Å². The van der Waals surface area contributed by atoms with Gasteiger partial charge >= 0.3 is 0 Å². The second-order valence-corrected chi connectivity index (χ2v) is 5.56. The van der Waals surface area contributed by atoms with Crippen molar-refractivity contribution in [2.45, 2.75) is 26.8 Å². The van der Waals surface area contributed by atoms with Gasteiger partial charge in [-0.25, -0.2) is 0 Å². The lowest BCUT2D eigenvalue weighted by molar-refractivity contribution is 0.0990. The van der Waals surface area contributed by atoms with Crippen LogP contribution >= 0.6 is 27.5 Å². The molecule has 0 amide bonds. The monoisotopic (exact) mass is 340 g/mol. The van der Waals surface area contributed by atoms with Crippen molar-refractivity contribution >= 4 is 33.3 Å². The van der Waals surface area contributed by atoms with Gasteiger partial charge in [0.25, 0.3) is 0 Å². The van der Waals surface area contributed by atoms with E-state index < -0.39 is 0 Å². The smallest absolute Gasteiger partial charge is 0.168 e. The number of aromatic nitrogens is 2. The van der Waals surface area contributed by atoms with Crippen molar-refractivity contribution in [1.29, 1.82) is 0 Å². The number of halogens is 2. The zero-order valence-electron chi connectivity index (χ0n) is 10.8. The third-order valence-corrected chi connectivity index (χ3v) is 3.97. The highest BCUT2D eigenvalue weighted by molar-refractivity contribution is 9.10. The van der Waals surface area contributed by atoms with Crippen LogP contribution in [0, 0.1) is 6.92 Å². The maximum absolute atomic E-state index is 12.2. The normalized spacial score (nSPS) is 10.7. The average molecular weight is 342 g/mol. The lowest BCUT2D eigenvalue weighted by Crippen LogP contribution is -2.10. The van der Waals surface area contributed by atoms with Gasteiger partial charge in [0.05, 0.1) is 22.8 Å². The molecule has 1 aromatic carbocycles. The van der Waals surface area contributed by atoms with Crippen molar-refractivity contribution in [2.24, 2.45) is 0 Å². The summed E-state index contributed by atoms with van der Waals surface area (Å²) in [5.74, 6) is 0.0454. The van der Waals surface area contributed by atoms with E-state index in [1.807, 2.05) is 26.0 Å². The Morgan fingerprint density at radius 3 is 2.58 bits per heavy atom. The van der Waals surface area contributed by atoms with E-state index in [9.17, 15) is 4.79 Å². The van der Waals surface area contributed by atoms with Crippen LogP contribution in [0.25, 0.3) is 0 Å². The first kappa shape index (κ1) is 14.3. The fourth-order valence-corrected chi connectivity index (χ4v) is 2.39. The summed E-state index contributed by atoms with van der Waals surface area (Å²) in [5.41, 5.74) is 2.23. The molecule has 0 bridgehead atoms. The number of ketones is 1. The van der Waals surface area contributed by atoms with Gasteiger partial charge in [-0.1, -0.05) is 39.7 Å². The minimum absolute atomic E-state index is 0.0454. The molecular weight excluding hydrogens is 328 g/mol. The Hall–Kier alpha value is -1.13. The van der Waals surface area contributed by atoms with E-state index >= 15 is 0 Å². The Morgan fingerprint density at radius 1 is 1.37 bits per heavy atom. The summed E-state index contributed by atoms with van der Waals surface area (Å²) in [4.78, 5) is 12.2. The first-order chi connectivity index (χ1) is 9.02. The fourth-order valence-electron chi connectivity index (χ4n) is 1.93. The maximum atomic E-state index is 12.2. The van der Waals surface area contributed by atoms with Crippen molar-refractivity contribution in [3.63, 3.8) is 0 Å². The van der Waals surface area contributed by atoms with Crippen molar-refractivity contribution in [1.82, 2.24) is 9.78 Å². The maximum Gasteiger partial charge on any atom is 0.168 e. The second-order valence-electron chi connectivity index (χ2n) is 4.27. The summed E-state index contributed by atoms with van der Waals surface area (Å²) in [7, 11) is 0. The Kier molecular flexibility index (Phi) is 4.42. The molecule has 3 nitrogen and oxygen atoms in total. The van der Waals surface area contributed by atoms with Crippen LogP contribution in [-0.2, 0) is 13.0 Å². The molecule has 100 valence electrons. The van der Waals surface area contributed by atoms with E-state index in [1.54, 1.807) is 16.8 Å². The molecule has 0 aliphatic rings. The Labute approximate surface area is 125 Å². The quantitative estimate of drug-likeness (QED) is 0.786. The third kappa shape index (κ3) is 3.07. The van der Waals surface area contributed by atoms with E-state index in [1.165, 1.54) is 0 Å². The first-order valence-corrected chi connectivity index (χ1v) is 7.20. The second kappa shape index (κ2) is 5.88. The standard InChI is InChI=1S/C14H14BrClN2O/c1-3-18-12(14(16)9(2)17-18)8-13(19)10-4-6-11(15)7-5-10/h4-7H,3,8H2,1-2H3. The van der Waals surface area contributed by atoms with E-state index in [2.05, 4.69) is 21.0 Å². The van der Waals surface area contributed by atoms with E-state index in [4.69, 9.17) is 11.6 Å². The largest absolute Gasteiger partial charge is 0.294 e. The minimum Gasteiger partial charge on any atom is -0.294 e. The molecule has 1 aromatic heterocycles. The van der Waals surface area contributed by atoms with Crippen LogP contribution in [0.1, 0.15) is 28.7 Å². The number of carbonyl (C=O) groups excluding carboxylic acids is 1. The minimum atomic E-state index is 0.0454. The van der Waals surface area contributed by atoms with Crippen LogP contribution in [0.5, 0.6) is 0 Å². The SMILES string of the molecule is CCn1nc(C)c(Cl)c1CC(=O)c1ccc(Br)cc1. The van der Waals surface area contributed by atoms with Crippen molar-refractivity contribution in [3.05, 3.63) is 50.7 Å². The van der Waals surface area contributed by atoms with Gasteiger partial charge in [-0.15, -0.1) is 0 Å². The Morgan fingerprint density at radius 2 is 2.00 bits per heavy atom. The number of nitrogens with zero attached hydrogens (tertiary/aromatic N) is 2. The fraction of sp³-hybridized carbons (Fsp3) is 0.286. The molecule has 0 aliphatic heterocycles. The average Bonchev–Trinajstić information content (AvgIpc) is 2.67. The van der Waals surface area contributed by atoms with Gasteiger partial charge in [0, 0.05) is 16.6 Å². The molecule has 2 rings (SSSR count). The molecule has 0 aliphatic carbocycles. The van der Waals surface area contributed by atoms with E-state index in [0.717, 1.165) is 15.9 Å². The van der Waals surface area contributed by atoms with Crippen LogP contribution < -0.4 is 0 Å². The number of hydrogen-bond acceptors (Lipinski definition) is 2. The van der Waals surface area contributed by atoms with Gasteiger partial charge in [0.2, 0.25) is 0 Å².